The van der Waals surface area contributed by atoms with Gasteiger partial charge in [-0.05, 0) is 25.1 Å². The minimum atomic E-state index is -0.745. The standard InChI is InChI=1S/C10H10Cl2N2O3/c1-2-17-10(16)14-13-9(15)7-4-3-6(11)5-8(7)12/h3-5H,2H2,1H3,(H,13,15)(H,14,16). The summed E-state index contributed by atoms with van der Waals surface area (Å²) in [7, 11) is 0. The molecule has 0 saturated heterocycles. The van der Waals surface area contributed by atoms with E-state index in [9.17, 15) is 9.59 Å². The van der Waals surface area contributed by atoms with E-state index in [4.69, 9.17) is 23.2 Å². The van der Waals surface area contributed by atoms with Gasteiger partial charge in [0.05, 0.1) is 17.2 Å². The van der Waals surface area contributed by atoms with Crippen molar-refractivity contribution in [2.24, 2.45) is 0 Å². The van der Waals surface area contributed by atoms with Gasteiger partial charge in [0.25, 0.3) is 5.91 Å². The third-order valence-electron chi connectivity index (χ3n) is 1.73. The number of carbonyl (C=O) groups excluding carboxylic acids is 2. The highest BCUT2D eigenvalue weighted by Crippen LogP contribution is 2.20. The first-order valence-electron chi connectivity index (χ1n) is 4.72. The van der Waals surface area contributed by atoms with Crippen molar-refractivity contribution < 1.29 is 14.3 Å². The van der Waals surface area contributed by atoms with Crippen LogP contribution in [-0.4, -0.2) is 18.6 Å². The second-order valence-corrected chi connectivity index (χ2v) is 3.77. The zero-order valence-corrected chi connectivity index (χ0v) is 10.4. The molecule has 1 rings (SSSR count). The molecule has 92 valence electrons. The molecule has 17 heavy (non-hydrogen) atoms. The van der Waals surface area contributed by atoms with Gasteiger partial charge >= 0.3 is 6.09 Å². The summed E-state index contributed by atoms with van der Waals surface area (Å²) in [6.07, 6.45) is -0.745. The minimum Gasteiger partial charge on any atom is -0.449 e. The summed E-state index contributed by atoms with van der Waals surface area (Å²) in [6, 6.07) is 4.40. The van der Waals surface area contributed by atoms with Gasteiger partial charge in [0, 0.05) is 5.02 Å². The van der Waals surface area contributed by atoms with E-state index in [0.29, 0.717) is 5.02 Å². The summed E-state index contributed by atoms with van der Waals surface area (Å²) in [6.45, 7) is 1.86. The molecule has 0 aliphatic rings. The van der Waals surface area contributed by atoms with Crippen LogP contribution in [0.2, 0.25) is 10.0 Å². The molecule has 1 aromatic rings. The Bertz CT molecular complexity index is 438. The van der Waals surface area contributed by atoms with Gasteiger partial charge in [-0.1, -0.05) is 23.2 Å². The van der Waals surface area contributed by atoms with Gasteiger partial charge in [-0.15, -0.1) is 0 Å². The third kappa shape index (κ3) is 4.13. The smallest absolute Gasteiger partial charge is 0.426 e. The number of benzene rings is 1. The molecule has 2 N–H and O–H groups in total. The van der Waals surface area contributed by atoms with Crippen molar-refractivity contribution >= 4 is 35.2 Å². The van der Waals surface area contributed by atoms with E-state index in [2.05, 4.69) is 15.6 Å². The molecular formula is C10H10Cl2N2O3. The largest absolute Gasteiger partial charge is 0.449 e. The van der Waals surface area contributed by atoms with Crippen LogP contribution in [0.1, 0.15) is 17.3 Å². The quantitative estimate of drug-likeness (QED) is 0.815. The molecule has 0 unspecified atom stereocenters. The Kier molecular flexibility index (Phi) is 5.06. The van der Waals surface area contributed by atoms with E-state index >= 15 is 0 Å². The van der Waals surface area contributed by atoms with E-state index in [0.717, 1.165) is 0 Å². The van der Waals surface area contributed by atoms with Crippen LogP contribution in [0.4, 0.5) is 4.79 Å². The molecule has 0 aliphatic heterocycles. The van der Waals surface area contributed by atoms with Crippen LogP contribution in [-0.2, 0) is 4.74 Å². The number of hydrogen-bond acceptors (Lipinski definition) is 3. The maximum Gasteiger partial charge on any atom is 0.426 e. The lowest BCUT2D eigenvalue weighted by molar-refractivity contribution is 0.0913. The van der Waals surface area contributed by atoms with Crippen molar-refractivity contribution in [3.8, 4) is 0 Å². The van der Waals surface area contributed by atoms with E-state index in [-0.39, 0.29) is 17.2 Å². The highest BCUT2D eigenvalue weighted by molar-refractivity contribution is 6.36. The van der Waals surface area contributed by atoms with Crippen molar-refractivity contribution in [1.82, 2.24) is 10.9 Å². The van der Waals surface area contributed by atoms with Crippen molar-refractivity contribution in [3.63, 3.8) is 0 Å². The maximum absolute atomic E-state index is 11.6. The van der Waals surface area contributed by atoms with Gasteiger partial charge < -0.3 is 4.74 Å². The van der Waals surface area contributed by atoms with Crippen molar-refractivity contribution in [2.75, 3.05) is 6.61 Å². The number of ether oxygens (including phenoxy) is 1. The van der Waals surface area contributed by atoms with Crippen LogP contribution in [0.25, 0.3) is 0 Å². The van der Waals surface area contributed by atoms with E-state index in [1.807, 2.05) is 0 Å². The number of halogens is 2. The zero-order valence-electron chi connectivity index (χ0n) is 8.92. The summed E-state index contributed by atoms with van der Waals surface area (Å²) in [5.74, 6) is -0.556. The average Bonchev–Trinajstić information content (AvgIpc) is 2.26. The Morgan fingerprint density at radius 1 is 1.29 bits per heavy atom. The molecule has 5 nitrogen and oxygen atoms in total. The fourth-order valence-corrected chi connectivity index (χ4v) is 1.51. The summed E-state index contributed by atoms with van der Waals surface area (Å²) < 4.78 is 4.56. The van der Waals surface area contributed by atoms with Gasteiger partial charge in [-0.3, -0.25) is 10.2 Å². The summed E-state index contributed by atoms with van der Waals surface area (Å²) in [4.78, 5) is 22.5. The van der Waals surface area contributed by atoms with Gasteiger partial charge in [0.2, 0.25) is 0 Å². The molecule has 2 amide bonds. The molecule has 1 aromatic carbocycles. The molecule has 0 bridgehead atoms. The molecule has 0 spiro atoms. The second kappa shape index (κ2) is 6.32. The van der Waals surface area contributed by atoms with Crippen LogP contribution in [0.15, 0.2) is 18.2 Å². The Morgan fingerprint density at radius 2 is 2.00 bits per heavy atom. The molecule has 0 aromatic heterocycles. The molecule has 0 saturated carbocycles. The normalized spacial score (nSPS) is 9.59. The number of hydrazine groups is 1. The molecule has 0 radical (unpaired) electrons. The Hall–Kier alpha value is -1.46. The summed E-state index contributed by atoms with van der Waals surface area (Å²) in [5.41, 5.74) is 4.43. The topological polar surface area (TPSA) is 67.4 Å². The first kappa shape index (κ1) is 13.6. The lowest BCUT2D eigenvalue weighted by Gasteiger charge is -2.08. The van der Waals surface area contributed by atoms with Crippen LogP contribution < -0.4 is 10.9 Å². The van der Waals surface area contributed by atoms with Crippen molar-refractivity contribution in [2.45, 2.75) is 6.92 Å². The fraction of sp³-hybridized carbons (Fsp3) is 0.200. The fourth-order valence-electron chi connectivity index (χ4n) is 1.02. The molecule has 0 heterocycles. The van der Waals surface area contributed by atoms with Crippen LogP contribution in [0, 0.1) is 0 Å². The Balaban J connectivity index is 2.61. The molecule has 7 heteroatoms. The predicted octanol–water partition coefficient (Wildman–Crippen LogP) is 2.38. The van der Waals surface area contributed by atoms with Crippen LogP contribution in [0.5, 0.6) is 0 Å². The zero-order chi connectivity index (χ0) is 12.8. The average molecular weight is 277 g/mol. The Morgan fingerprint density at radius 3 is 2.59 bits per heavy atom. The molecule has 0 aliphatic carbocycles. The van der Waals surface area contributed by atoms with Crippen LogP contribution >= 0.6 is 23.2 Å². The molecule has 0 atom stereocenters. The number of nitrogens with one attached hydrogen (secondary N) is 2. The summed E-state index contributed by atoms with van der Waals surface area (Å²) >= 11 is 11.5. The van der Waals surface area contributed by atoms with Crippen molar-refractivity contribution in [3.05, 3.63) is 33.8 Å². The van der Waals surface area contributed by atoms with Crippen LogP contribution in [0.3, 0.4) is 0 Å². The lowest BCUT2D eigenvalue weighted by atomic mass is 10.2. The van der Waals surface area contributed by atoms with Gasteiger partial charge in [-0.2, -0.15) is 0 Å². The van der Waals surface area contributed by atoms with Crippen molar-refractivity contribution in [1.29, 1.82) is 0 Å². The first-order chi connectivity index (χ1) is 8.04. The number of hydrogen-bond donors (Lipinski definition) is 2. The number of amides is 2. The van der Waals surface area contributed by atoms with E-state index < -0.39 is 12.0 Å². The lowest BCUT2D eigenvalue weighted by Crippen LogP contribution is -2.42. The van der Waals surface area contributed by atoms with Gasteiger partial charge in [0.1, 0.15) is 0 Å². The molecular weight excluding hydrogens is 267 g/mol. The minimum absolute atomic E-state index is 0.195. The first-order valence-corrected chi connectivity index (χ1v) is 5.48. The SMILES string of the molecule is CCOC(=O)NNC(=O)c1ccc(Cl)cc1Cl. The third-order valence-corrected chi connectivity index (χ3v) is 2.28. The Labute approximate surface area is 108 Å². The van der Waals surface area contributed by atoms with Gasteiger partial charge in [0.15, 0.2) is 0 Å². The number of carbonyl (C=O) groups is 2. The monoisotopic (exact) mass is 276 g/mol. The van der Waals surface area contributed by atoms with E-state index in [1.165, 1.54) is 18.2 Å². The maximum atomic E-state index is 11.6. The predicted molar refractivity (Wildman–Crippen MR) is 64.1 cm³/mol. The highest BCUT2D eigenvalue weighted by atomic mass is 35.5. The highest BCUT2D eigenvalue weighted by Gasteiger charge is 2.11. The molecule has 0 fully saturated rings. The second-order valence-electron chi connectivity index (χ2n) is 2.92. The van der Waals surface area contributed by atoms with E-state index in [1.54, 1.807) is 6.92 Å². The number of rotatable bonds is 2. The van der Waals surface area contributed by atoms with Gasteiger partial charge in [-0.25, -0.2) is 10.2 Å². The summed E-state index contributed by atoms with van der Waals surface area (Å²) in [5, 5.41) is 0.616.